The maximum absolute atomic E-state index is 13.0. The highest BCUT2D eigenvalue weighted by atomic mass is 32.2. The van der Waals surface area contributed by atoms with Crippen molar-refractivity contribution in [3.8, 4) is 0 Å². The molecule has 0 aliphatic carbocycles. The fourth-order valence-electron chi connectivity index (χ4n) is 1.36. The minimum absolute atomic E-state index is 0.0742. The van der Waals surface area contributed by atoms with E-state index in [2.05, 4.69) is 0 Å². The predicted molar refractivity (Wildman–Crippen MR) is 66.4 cm³/mol. The van der Waals surface area contributed by atoms with Gasteiger partial charge in [-0.25, -0.2) is 4.39 Å². The van der Waals surface area contributed by atoms with Crippen LogP contribution in [0.2, 0.25) is 0 Å². The van der Waals surface area contributed by atoms with Crippen LogP contribution in [0.3, 0.4) is 0 Å². The molecule has 7 heteroatoms. The molecule has 0 aromatic heterocycles. The van der Waals surface area contributed by atoms with Gasteiger partial charge in [-0.2, -0.15) is 12.7 Å². The highest BCUT2D eigenvalue weighted by Crippen LogP contribution is 2.23. The fraction of sp³-hybridized carbons (Fsp3) is 0.400. The molecule has 1 aromatic carbocycles. The number of hydrogen-bond acceptors (Lipinski definition) is 3. The first-order chi connectivity index (χ1) is 7.80. The van der Waals surface area contributed by atoms with Crippen LogP contribution in [-0.2, 0) is 10.2 Å². The zero-order valence-electron chi connectivity index (χ0n) is 10.0. The van der Waals surface area contributed by atoms with E-state index in [1.54, 1.807) is 6.92 Å². The molecule has 0 radical (unpaired) electrons. The highest BCUT2D eigenvalue weighted by Gasteiger charge is 2.23. The number of anilines is 2. The van der Waals surface area contributed by atoms with Crippen LogP contribution in [0.1, 0.15) is 6.92 Å². The first-order valence-corrected chi connectivity index (χ1v) is 6.45. The lowest BCUT2D eigenvalue weighted by Crippen LogP contribution is -2.40. The summed E-state index contributed by atoms with van der Waals surface area (Å²) in [4.78, 5) is 0. The summed E-state index contributed by atoms with van der Waals surface area (Å²) in [5.74, 6) is -0.563. The van der Waals surface area contributed by atoms with Crippen LogP contribution in [0.15, 0.2) is 18.2 Å². The van der Waals surface area contributed by atoms with Crippen molar-refractivity contribution in [2.75, 3.05) is 30.7 Å². The fourth-order valence-corrected chi connectivity index (χ4v) is 2.46. The number of nitrogens with zero attached hydrogens (tertiary/aromatic N) is 2. The minimum atomic E-state index is -3.58. The van der Waals surface area contributed by atoms with Gasteiger partial charge in [0.15, 0.2) is 0 Å². The summed E-state index contributed by atoms with van der Waals surface area (Å²) < 4.78 is 39.2. The van der Waals surface area contributed by atoms with E-state index in [1.807, 2.05) is 0 Å². The van der Waals surface area contributed by atoms with E-state index in [-0.39, 0.29) is 12.2 Å². The second kappa shape index (κ2) is 4.89. The Hall–Kier alpha value is -1.34. The van der Waals surface area contributed by atoms with Crippen LogP contribution in [0, 0.1) is 5.82 Å². The number of nitrogen functional groups attached to an aromatic ring is 1. The van der Waals surface area contributed by atoms with Gasteiger partial charge in [-0.1, -0.05) is 0 Å². The standard InChI is InChI=1S/C10H16FN3O2S/c1-4-14(17(15,16)13(2)3)8-5-6-9(11)10(12)7-8/h5-7H,4,12H2,1-3H3. The molecule has 1 rings (SSSR count). The summed E-state index contributed by atoms with van der Waals surface area (Å²) in [5.41, 5.74) is 5.70. The Labute approximate surface area is 101 Å². The Balaban J connectivity index is 3.24. The van der Waals surface area contributed by atoms with Crippen LogP contribution in [-0.4, -0.2) is 33.4 Å². The SMILES string of the molecule is CCN(c1ccc(F)c(N)c1)S(=O)(=O)N(C)C. The molecule has 0 amide bonds. The molecule has 0 saturated carbocycles. The second-order valence-corrected chi connectivity index (χ2v) is 5.73. The van der Waals surface area contributed by atoms with Crippen molar-refractivity contribution in [2.24, 2.45) is 0 Å². The van der Waals surface area contributed by atoms with Gasteiger partial charge in [-0.05, 0) is 25.1 Å². The van der Waals surface area contributed by atoms with Crippen molar-refractivity contribution in [3.05, 3.63) is 24.0 Å². The molecule has 0 aliphatic heterocycles. The lowest BCUT2D eigenvalue weighted by Gasteiger charge is -2.26. The van der Waals surface area contributed by atoms with Gasteiger partial charge in [0.05, 0.1) is 11.4 Å². The summed E-state index contributed by atoms with van der Waals surface area (Å²) in [7, 11) is -0.712. The lowest BCUT2D eigenvalue weighted by atomic mass is 10.2. The molecule has 0 spiro atoms. The van der Waals surface area contributed by atoms with Crippen LogP contribution >= 0.6 is 0 Å². The Morgan fingerprint density at radius 3 is 2.35 bits per heavy atom. The predicted octanol–water partition coefficient (Wildman–Crippen LogP) is 1.04. The quantitative estimate of drug-likeness (QED) is 0.823. The topological polar surface area (TPSA) is 66.6 Å². The van der Waals surface area contributed by atoms with E-state index in [4.69, 9.17) is 5.73 Å². The molecular weight excluding hydrogens is 245 g/mol. The number of nitrogens with two attached hydrogens (primary N) is 1. The molecule has 0 saturated heterocycles. The van der Waals surface area contributed by atoms with Gasteiger partial charge in [-0.3, -0.25) is 4.31 Å². The molecular formula is C10H16FN3O2S. The molecule has 2 N–H and O–H groups in total. The molecule has 0 fully saturated rings. The molecule has 17 heavy (non-hydrogen) atoms. The molecule has 0 atom stereocenters. The molecule has 0 aliphatic rings. The van der Waals surface area contributed by atoms with Gasteiger partial charge in [0.2, 0.25) is 0 Å². The van der Waals surface area contributed by atoms with E-state index in [9.17, 15) is 12.8 Å². The summed E-state index contributed by atoms with van der Waals surface area (Å²) >= 11 is 0. The van der Waals surface area contributed by atoms with Gasteiger partial charge in [0.25, 0.3) is 0 Å². The second-order valence-electron chi connectivity index (χ2n) is 3.66. The average Bonchev–Trinajstić information content (AvgIpc) is 2.23. The number of benzene rings is 1. The van der Waals surface area contributed by atoms with E-state index >= 15 is 0 Å². The first kappa shape index (κ1) is 13.7. The van der Waals surface area contributed by atoms with Crippen LogP contribution in [0.4, 0.5) is 15.8 Å². The summed E-state index contributed by atoms with van der Waals surface area (Å²) in [5, 5.41) is 0. The maximum Gasteiger partial charge on any atom is 0.303 e. The minimum Gasteiger partial charge on any atom is -0.396 e. The first-order valence-electron chi connectivity index (χ1n) is 5.06. The Morgan fingerprint density at radius 2 is 1.94 bits per heavy atom. The molecule has 1 aromatic rings. The zero-order chi connectivity index (χ0) is 13.2. The van der Waals surface area contributed by atoms with E-state index in [0.717, 1.165) is 14.7 Å². The van der Waals surface area contributed by atoms with Gasteiger partial charge in [0.1, 0.15) is 5.82 Å². The van der Waals surface area contributed by atoms with Crippen molar-refractivity contribution in [1.82, 2.24) is 4.31 Å². The van der Waals surface area contributed by atoms with Crippen LogP contribution in [0.25, 0.3) is 0 Å². The molecule has 96 valence electrons. The van der Waals surface area contributed by atoms with Crippen molar-refractivity contribution >= 4 is 21.6 Å². The van der Waals surface area contributed by atoms with E-state index in [0.29, 0.717) is 5.69 Å². The number of rotatable bonds is 4. The third-order valence-electron chi connectivity index (χ3n) is 2.29. The average molecular weight is 261 g/mol. The molecule has 0 bridgehead atoms. The maximum atomic E-state index is 13.0. The summed E-state index contributed by atoms with van der Waals surface area (Å²) in [6, 6.07) is 3.84. The van der Waals surface area contributed by atoms with E-state index < -0.39 is 16.0 Å². The Kier molecular flexibility index (Phi) is 3.94. The van der Waals surface area contributed by atoms with Crippen molar-refractivity contribution < 1.29 is 12.8 Å². The van der Waals surface area contributed by atoms with Crippen LogP contribution in [0.5, 0.6) is 0 Å². The van der Waals surface area contributed by atoms with E-state index in [1.165, 1.54) is 26.2 Å². The number of halogens is 1. The summed E-state index contributed by atoms with van der Waals surface area (Å²) in [6.07, 6.45) is 0. The van der Waals surface area contributed by atoms with Crippen molar-refractivity contribution in [1.29, 1.82) is 0 Å². The van der Waals surface area contributed by atoms with Gasteiger partial charge in [-0.15, -0.1) is 0 Å². The lowest BCUT2D eigenvalue weighted by molar-refractivity contribution is 0.516. The largest absolute Gasteiger partial charge is 0.396 e. The third-order valence-corrected chi connectivity index (χ3v) is 4.24. The van der Waals surface area contributed by atoms with Gasteiger partial charge < -0.3 is 5.73 Å². The molecule has 5 nitrogen and oxygen atoms in total. The Bertz CT molecular complexity index is 502. The highest BCUT2D eigenvalue weighted by molar-refractivity contribution is 7.90. The monoisotopic (exact) mass is 261 g/mol. The van der Waals surface area contributed by atoms with Crippen molar-refractivity contribution in [3.63, 3.8) is 0 Å². The third kappa shape index (κ3) is 2.67. The van der Waals surface area contributed by atoms with Crippen molar-refractivity contribution in [2.45, 2.75) is 6.92 Å². The van der Waals surface area contributed by atoms with Crippen LogP contribution < -0.4 is 10.0 Å². The van der Waals surface area contributed by atoms with Gasteiger partial charge in [0, 0.05) is 20.6 Å². The normalized spacial score (nSPS) is 11.8. The van der Waals surface area contributed by atoms with Gasteiger partial charge >= 0.3 is 10.2 Å². The summed E-state index contributed by atoms with van der Waals surface area (Å²) in [6.45, 7) is 1.94. The Morgan fingerprint density at radius 1 is 1.35 bits per heavy atom. The smallest absolute Gasteiger partial charge is 0.303 e. The number of hydrogen-bond donors (Lipinski definition) is 1. The molecule has 0 heterocycles. The zero-order valence-corrected chi connectivity index (χ0v) is 10.8. The molecule has 0 unspecified atom stereocenters.